The fourth-order valence-corrected chi connectivity index (χ4v) is 2.24. The molecule has 0 atom stereocenters. The summed E-state index contributed by atoms with van der Waals surface area (Å²) in [6.07, 6.45) is 3.35. The van der Waals surface area contributed by atoms with Gasteiger partial charge in [-0.05, 0) is 49.4 Å². The zero-order chi connectivity index (χ0) is 13.8. The highest BCUT2D eigenvalue weighted by atomic mass is 19.1. The largest absolute Gasteiger partial charge is 0.206 e. The van der Waals surface area contributed by atoms with Crippen molar-refractivity contribution in [2.24, 2.45) is 0 Å². The minimum Gasteiger partial charge on any atom is -0.206 e. The maximum absolute atomic E-state index is 13.6. The normalized spacial score (nSPS) is 10.5. The number of halogens is 1. The predicted molar refractivity (Wildman–Crippen MR) is 79.8 cm³/mol. The van der Waals surface area contributed by atoms with Crippen LogP contribution in [0.15, 0.2) is 43.0 Å². The van der Waals surface area contributed by atoms with E-state index < -0.39 is 0 Å². The molecule has 0 spiro atoms. The van der Waals surface area contributed by atoms with Gasteiger partial charge in [-0.1, -0.05) is 48.6 Å². The molecular weight excluding hydrogens is 235 g/mol. The second-order valence-corrected chi connectivity index (χ2v) is 4.99. The van der Waals surface area contributed by atoms with E-state index in [0.717, 1.165) is 18.4 Å². The predicted octanol–water partition coefficient (Wildman–Crippen LogP) is 4.87. The lowest BCUT2D eigenvalue weighted by molar-refractivity contribution is 0.622. The second kappa shape index (κ2) is 5.83. The molecule has 0 unspecified atom stereocenters. The fourth-order valence-electron chi connectivity index (χ4n) is 2.24. The molecule has 19 heavy (non-hydrogen) atoms. The maximum atomic E-state index is 13.6. The van der Waals surface area contributed by atoms with Gasteiger partial charge in [0.1, 0.15) is 5.82 Å². The van der Waals surface area contributed by atoms with Crippen LogP contribution >= 0.6 is 0 Å². The Hall–Kier alpha value is -1.89. The van der Waals surface area contributed by atoms with Gasteiger partial charge in [-0.25, -0.2) is 4.39 Å². The molecule has 0 radical (unpaired) electrons. The highest BCUT2D eigenvalue weighted by Crippen LogP contribution is 2.16. The zero-order valence-electron chi connectivity index (χ0n) is 11.5. The van der Waals surface area contributed by atoms with Gasteiger partial charge >= 0.3 is 0 Å². The summed E-state index contributed by atoms with van der Waals surface area (Å²) in [6.45, 7) is 7.82. The summed E-state index contributed by atoms with van der Waals surface area (Å²) in [7, 11) is 0. The highest BCUT2D eigenvalue weighted by Gasteiger charge is 2.03. The molecule has 0 saturated heterocycles. The number of aryl methyl sites for hydroxylation is 4. The van der Waals surface area contributed by atoms with Crippen LogP contribution in [0, 0.1) is 19.7 Å². The molecule has 0 nitrogen and oxygen atoms in total. The molecule has 1 heteroatoms. The summed E-state index contributed by atoms with van der Waals surface area (Å²) in [5.41, 5.74) is 5.51. The van der Waals surface area contributed by atoms with E-state index in [1.54, 1.807) is 18.2 Å². The molecule has 0 fully saturated rings. The van der Waals surface area contributed by atoms with Crippen molar-refractivity contribution in [2.45, 2.75) is 26.7 Å². The number of hydrogen-bond acceptors (Lipinski definition) is 0. The van der Waals surface area contributed by atoms with Crippen molar-refractivity contribution in [3.05, 3.63) is 76.6 Å². The van der Waals surface area contributed by atoms with Gasteiger partial charge in [-0.15, -0.1) is 0 Å². The van der Waals surface area contributed by atoms with Crippen molar-refractivity contribution in [3.8, 4) is 0 Å². The van der Waals surface area contributed by atoms with E-state index in [4.69, 9.17) is 0 Å². The number of benzene rings is 2. The third kappa shape index (κ3) is 3.31. The standard InChI is InChI=1S/C18H19F/c1-4-16-9-7-15(12-18(16)19)8-10-17-11-13(2)5-6-14(17)3/h4-7,9,11-12H,1,8,10H2,2-3H3. The van der Waals surface area contributed by atoms with Crippen LogP contribution in [0.3, 0.4) is 0 Å². The van der Waals surface area contributed by atoms with Crippen molar-refractivity contribution >= 4 is 6.08 Å². The topological polar surface area (TPSA) is 0 Å². The lowest BCUT2D eigenvalue weighted by Crippen LogP contribution is -1.96. The molecule has 0 aliphatic heterocycles. The molecule has 0 bridgehead atoms. The fraction of sp³-hybridized carbons (Fsp3) is 0.222. The first kappa shape index (κ1) is 13.5. The first-order valence-electron chi connectivity index (χ1n) is 6.57. The summed E-state index contributed by atoms with van der Waals surface area (Å²) in [6, 6.07) is 11.9. The molecule has 2 aromatic rings. The first-order chi connectivity index (χ1) is 9.10. The van der Waals surface area contributed by atoms with Crippen LogP contribution in [0.1, 0.15) is 27.8 Å². The molecule has 2 rings (SSSR count). The summed E-state index contributed by atoms with van der Waals surface area (Å²) in [4.78, 5) is 0. The van der Waals surface area contributed by atoms with E-state index in [0.29, 0.717) is 5.56 Å². The third-order valence-corrected chi connectivity index (χ3v) is 3.47. The molecule has 0 heterocycles. The van der Waals surface area contributed by atoms with E-state index in [9.17, 15) is 4.39 Å². The van der Waals surface area contributed by atoms with Gasteiger partial charge in [0.05, 0.1) is 0 Å². The Labute approximate surface area is 114 Å². The number of hydrogen-bond donors (Lipinski definition) is 0. The smallest absolute Gasteiger partial charge is 0.130 e. The lowest BCUT2D eigenvalue weighted by Gasteiger charge is -2.08. The quantitative estimate of drug-likeness (QED) is 0.730. The molecule has 0 amide bonds. The Bertz CT molecular complexity index is 597. The van der Waals surface area contributed by atoms with Crippen molar-refractivity contribution in [2.75, 3.05) is 0 Å². The van der Waals surface area contributed by atoms with Gasteiger partial charge in [-0.3, -0.25) is 0 Å². The Morgan fingerprint density at radius 2 is 1.84 bits per heavy atom. The Balaban J connectivity index is 2.12. The van der Waals surface area contributed by atoms with Gasteiger partial charge in [0.2, 0.25) is 0 Å². The van der Waals surface area contributed by atoms with E-state index in [1.807, 2.05) is 6.07 Å². The second-order valence-electron chi connectivity index (χ2n) is 4.99. The SMILES string of the molecule is C=Cc1ccc(CCc2cc(C)ccc2C)cc1F. The van der Waals surface area contributed by atoms with Crippen molar-refractivity contribution in [1.29, 1.82) is 0 Å². The van der Waals surface area contributed by atoms with Crippen LogP contribution in [-0.4, -0.2) is 0 Å². The molecule has 0 aliphatic carbocycles. The summed E-state index contributed by atoms with van der Waals surface area (Å²) < 4.78 is 13.6. The maximum Gasteiger partial charge on any atom is 0.130 e. The summed E-state index contributed by atoms with van der Waals surface area (Å²) in [5.74, 6) is -0.187. The average Bonchev–Trinajstić information content (AvgIpc) is 2.40. The molecule has 0 N–H and O–H groups in total. The van der Waals surface area contributed by atoms with E-state index >= 15 is 0 Å². The minimum absolute atomic E-state index is 0.187. The van der Waals surface area contributed by atoms with Gasteiger partial charge in [0, 0.05) is 5.56 Å². The van der Waals surface area contributed by atoms with Gasteiger partial charge in [0.15, 0.2) is 0 Å². The minimum atomic E-state index is -0.187. The molecular formula is C18H19F. The first-order valence-corrected chi connectivity index (χ1v) is 6.57. The van der Waals surface area contributed by atoms with Crippen LogP contribution < -0.4 is 0 Å². The lowest BCUT2D eigenvalue weighted by atomic mass is 9.98. The van der Waals surface area contributed by atoms with E-state index in [1.165, 1.54) is 16.7 Å². The van der Waals surface area contributed by atoms with E-state index in [-0.39, 0.29) is 5.82 Å². The molecule has 0 aliphatic rings. The zero-order valence-corrected chi connectivity index (χ0v) is 11.5. The Morgan fingerprint density at radius 1 is 1.05 bits per heavy atom. The molecule has 0 saturated carbocycles. The van der Waals surface area contributed by atoms with Crippen molar-refractivity contribution in [3.63, 3.8) is 0 Å². The monoisotopic (exact) mass is 254 g/mol. The Kier molecular flexibility index (Phi) is 4.16. The van der Waals surface area contributed by atoms with Crippen LogP contribution in [0.2, 0.25) is 0 Å². The van der Waals surface area contributed by atoms with Crippen LogP contribution in [0.5, 0.6) is 0 Å². The summed E-state index contributed by atoms with van der Waals surface area (Å²) >= 11 is 0. The average molecular weight is 254 g/mol. The van der Waals surface area contributed by atoms with Gasteiger partial charge in [-0.2, -0.15) is 0 Å². The summed E-state index contributed by atoms with van der Waals surface area (Å²) in [5, 5.41) is 0. The van der Waals surface area contributed by atoms with Crippen molar-refractivity contribution in [1.82, 2.24) is 0 Å². The van der Waals surface area contributed by atoms with Crippen LogP contribution in [0.4, 0.5) is 4.39 Å². The van der Waals surface area contributed by atoms with E-state index in [2.05, 4.69) is 38.6 Å². The van der Waals surface area contributed by atoms with Crippen molar-refractivity contribution < 1.29 is 4.39 Å². The third-order valence-electron chi connectivity index (χ3n) is 3.47. The number of rotatable bonds is 4. The highest BCUT2D eigenvalue weighted by molar-refractivity contribution is 5.48. The van der Waals surface area contributed by atoms with Gasteiger partial charge < -0.3 is 0 Å². The molecule has 2 aromatic carbocycles. The Morgan fingerprint density at radius 3 is 2.53 bits per heavy atom. The molecule has 98 valence electrons. The molecule has 0 aromatic heterocycles. The van der Waals surface area contributed by atoms with Crippen LogP contribution in [-0.2, 0) is 12.8 Å². The van der Waals surface area contributed by atoms with Gasteiger partial charge in [0.25, 0.3) is 0 Å². The van der Waals surface area contributed by atoms with Crippen LogP contribution in [0.25, 0.3) is 6.08 Å².